The number of rotatable bonds is 4. The minimum atomic E-state index is -0.560. The van der Waals surface area contributed by atoms with Crippen LogP contribution >= 0.6 is 27.3 Å². The van der Waals surface area contributed by atoms with Gasteiger partial charge in [0.05, 0.1) is 23.0 Å². The quantitative estimate of drug-likeness (QED) is 0.618. The van der Waals surface area contributed by atoms with Crippen molar-refractivity contribution < 1.29 is 18.8 Å². The van der Waals surface area contributed by atoms with Gasteiger partial charge in [-0.25, -0.2) is 0 Å². The summed E-state index contributed by atoms with van der Waals surface area (Å²) < 4.78 is 13.3. The van der Waals surface area contributed by atoms with Crippen LogP contribution in [0.1, 0.15) is 17.5 Å². The second-order valence-electron chi connectivity index (χ2n) is 4.68. The number of hydrogen-bond donors (Lipinski definition) is 0. The van der Waals surface area contributed by atoms with Crippen molar-refractivity contribution in [2.45, 2.75) is 13.5 Å². The van der Waals surface area contributed by atoms with Gasteiger partial charge in [0.1, 0.15) is 6.54 Å². The molecule has 0 atom stereocenters. The highest BCUT2D eigenvalue weighted by Crippen LogP contribution is 2.22. The predicted molar refractivity (Wildman–Crippen MR) is 90.5 cm³/mol. The Labute approximate surface area is 148 Å². The number of benzene rings is 1. The fourth-order valence-corrected chi connectivity index (χ4v) is 3.67. The highest BCUT2D eigenvalue weighted by molar-refractivity contribution is 9.10. The first kappa shape index (κ1) is 16.6. The molecule has 0 bridgehead atoms. The molecule has 2 heterocycles. The van der Waals surface area contributed by atoms with Gasteiger partial charge < -0.3 is 13.8 Å². The molecule has 0 N–H and O–H groups in total. The molecule has 124 valence electrons. The van der Waals surface area contributed by atoms with Crippen molar-refractivity contribution in [2.75, 3.05) is 6.61 Å². The molecule has 1 aromatic carbocycles. The van der Waals surface area contributed by atoms with E-state index >= 15 is 0 Å². The minimum absolute atomic E-state index is 0.0298. The summed E-state index contributed by atoms with van der Waals surface area (Å²) in [5.74, 6) is -0.916. The number of esters is 1. The fraction of sp³-hybridized carbons (Fsp3) is 0.200. The largest absolute Gasteiger partial charge is 0.465 e. The van der Waals surface area contributed by atoms with Crippen molar-refractivity contribution in [3.8, 4) is 0 Å². The number of thiazole rings is 1. The van der Waals surface area contributed by atoms with Gasteiger partial charge in [0.15, 0.2) is 4.80 Å². The molecule has 0 unspecified atom stereocenters. The molecule has 0 saturated heterocycles. The van der Waals surface area contributed by atoms with Crippen molar-refractivity contribution in [1.82, 2.24) is 9.72 Å². The average Bonchev–Trinajstić information content (AvgIpc) is 3.16. The molecule has 0 aliphatic heterocycles. The number of fused-ring (bicyclic) bond motifs is 1. The predicted octanol–water partition coefficient (Wildman–Crippen LogP) is 2.76. The molecule has 0 aliphatic carbocycles. The van der Waals surface area contributed by atoms with E-state index in [1.54, 1.807) is 11.5 Å². The number of halogens is 1. The van der Waals surface area contributed by atoms with Gasteiger partial charge in [-0.2, -0.15) is 4.99 Å². The van der Waals surface area contributed by atoms with E-state index in [1.165, 1.54) is 23.6 Å². The number of hydrogen-bond acceptors (Lipinski definition) is 6. The van der Waals surface area contributed by atoms with Crippen LogP contribution < -0.4 is 4.80 Å². The molecular weight excluding hydrogens is 398 g/mol. The summed E-state index contributed by atoms with van der Waals surface area (Å²) in [4.78, 5) is 28.5. The van der Waals surface area contributed by atoms with Gasteiger partial charge in [0.25, 0.3) is 0 Å². The van der Waals surface area contributed by atoms with E-state index in [0.29, 0.717) is 4.80 Å². The van der Waals surface area contributed by atoms with Crippen molar-refractivity contribution in [3.63, 3.8) is 0 Å². The lowest BCUT2D eigenvalue weighted by molar-refractivity contribution is -0.143. The highest BCUT2D eigenvalue weighted by atomic mass is 79.9. The molecule has 0 radical (unpaired) electrons. The second kappa shape index (κ2) is 7.10. The lowest BCUT2D eigenvalue weighted by Crippen LogP contribution is -2.23. The Hall–Kier alpha value is -2.26. The zero-order valence-corrected chi connectivity index (χ0v) is 15.0. The van der Waals surface area contributed by atoms with Gasteiger partial charge in [-0.15, -0.1) is 0 Å². The van der Waals surface area contributed by atoms with Gasteiger partial charge in [-0.1, -0.05) is 32.4 Å². The van der Waals surface area contributed by atoms with Crippen LogP contribution in [0.25, 0.3) is 10.2 Å². The number of amides is 1. The maximum atomic E-state index is 12.2. The number of carbonyl (C=O) groups excluding carboxylic acids is 2. The molecule has 24 heavy (non-hydrogen) atoms. The summed E-state index contributed by atoms with van der Waals surface area (Å²) >= 11 is 4.71. The summed E-state index contributed by atoms with van der Waals surface area (Å²) in [7, 11) is 0. The van der Waals surface area contributed by atoms with Crippen LogP contribution in [0.3, 0.4) is 0 Å². The molecule has 7 nitrogen and oxygen atoms in total. The smallest absolute Gasteiger partial charge is 0.326 e. The zero-order chi connectivity index (χ0) is 17.1. The zero-order valence-electron chi connectivity index (χ0n) is 12.6. The molecule has 0 aliphatic rings. The molecule has 2 aromatic heterocycles. The van der Waals surface area contributed by atoms with E-state index in [-0.39, 0.29) is 18.9 Å². The van der Waals surface area contributed by atoms with E-state index in [9.17, 15) is 9.59 Å². The Balaban J connectivity index is 2.11. The third kappa shape index (κ3) is 3.46. The maximum absolute atomic E-state index is 12.2. The van der Waals surface area contributed by atoms with Gasteiger partial charge in [-0.3, -0.25) is 9.59 Å². The third-order valence-electron chi connectivity index (χ3n) is 3.08. The fourth-order valence-electron chi connectivity index (χ4n) is 2.09. The molecule has 3 rings (SSSR count). The van der Waals surface area contributed by atoms with Gasteiger partial charge in [0, 0.05) is 10.5 Å². The molecule has 1 amide bonds. The van der Waals surface area contributed by atoms with E-state index in [1.807, 2.05) is 18.2 Å². The van der Waals surface area contributed by atoms with E-state index in [0.717, 1.165) is 14.7 Å². The Morgan fingerprint density at radius 1 is 1.42 bits per heavy atom. The van der Waals surface area contributed by atoms with Crippen LogP contribution in [-0.2, 0) is 16.1 Å². The lowest BCUT2D eigenvalue weighted by Gasteiger charge is -2.04. The summed E-state index contributed by atoms with van der Waals surface area (Å²) in [6, 6.07) is 7.05. The minimum Gasteiger partial charge on any atom is -0.465 e. The standard InChI is InChI=1S/C15H12BrN3O4S/c1-2-22-13(20)8-19-10-4-3-9(16)7-12(10)24-15(19)18-14(21)11-5-6-17-23-11/h3-7H,2,8H2,1H3. The first-order valence-electron chi connectivity index (χ1n) is 7.02. The molecular formula is C15H12BrN3O4S. The van der Waals surface area contributed by atoms with Crippen molar-refractivity contribution >= 4 is 49.4 Å². The van der Waals surface area contributed by atoms with Crippen molar-refractivity contribution in [3.05, 3.63) is 45.5 Å². The van der Waals surface area contributed by atoms with Crippen molar-refractivity contribution in [2.24, 2.45) is 4.99 Å². The highest BCUT2D eigenvalue weighted by Gasteiger charge is 2.14. The van der Waals surface area contributed by atoms with Crippen LogP contribution in [0.2, 0.25) is 0 Å². The molecule has 9 heteroatoms. The van der Waals surface area contributed by atoms with Crippen LogP contribution in [0, 0.1) is 0 Å². The number of aromatic nitrogens is 2. The Morgan fingerprint density at radius 2 is 2.25 bits per heavy atom. The molecule has 0 saturated carbocycles. The third-order valence-corrected chi connectivity index (χ3v) is 4.62. The first-order valence-corrected chi connectivity index (χ1v) is 8.63. The summed E-state index contributed by atoms with van der Waals surface area (Å²) in [5, 5.41) is 3.49. The normalized spacial score (nSPS) is 11.8. The van der Waals surface area contributed by atoms with Gasteiger partial charge in [0.2, 0.25) is 5.76 Å². The summed E-state index contributed by atoms with van der Waals surface area (Å²) in [5.41, 5.74) is 0.792. The summed E-state index contributed by atoms with van der Waals surface area (Å²) in [6.07, 6.45) is 1.37. The number of carbonyl (C=O) groups is 2. The van der Waals surface area contributed by atoms with Crippen molar-refractivity contribution in [1.29, 1.82) is 0 Å². The van der Waals surface area contributed by atoms with Gasteiger partial charge in [-0.05, 0) is 25.1 Å². The van der Waals surface area contributed by atoms with E-state index < -0.39 is 11.9 Å². The Bertz CT molecular complexity index is 959. The van der Waals surface area contributed by atoms with Gasteiger partial charge >= 0.3 is 11.9 Å². The average molecular weight is 410 g/mol. The first-order chi connectivity index (χ1) is 11.6. The summed E-state index contributed by atoms with van der Waals surface area (Å²) in [6.45, 7) is 2.00. The topological polar surface area (TPSA) is 86.7 Å². The monoisotopic (exact) mass is 409 g/mol. The SMILES string of the molecule is CCOC(=O)Cn1c(=NC(=O)c2ccno2)sc2cc(Br)ccc21. The molecule has 3 aromatic rings. The van der Waals surface area contributed by atoms with Crippen LogP contribution in [0.5, 0.6) is 0 Å². The number of nitrogens with zero attached hydrogens (tertiary/aromatic N) is 3. The second-order valence-corrected chi connectivity index (χ2v) is 6.61. The van der Waals surface area contributed by atoms with E-state index in [2.05, 4.69) is 26.1 Å². The maximum Gasteiger partial charge on any atom is 0.326 e. The Kier molecular flexibility index (Phi) is 4.91. The van der Waals surface area contributed by atoms with E-state index in [4.69, 9.17) is 9.26 Å². The Morgan fingerprint density at radius 3 is 2.96 bits per heavy atom. The molecule has 0 spiro atoms. The van der Waals surface area contributed by atoms with Crippen LogP contribution in [0.15, 0.2) is 44.5 Å². The van der Waals surface area contributed by atoms with Crippen LogP contribution in [0.4, 0.5) is 0 Å². The molecule has 0 fully saturated rings. The number of ether oxygens (including phenoxy) is 1. The van der Waals surface area contributed by atoms with Crippen LogP contribution in [-0.4, -0.2) is 28.2 Å². The lowest BCUT2D eigenvalue weighted by atomic mass is 10.3.